The van der Waals surface area contributed by atoms with Crippen LogP contribution in [0.4, 0.5) is 0 Å². The number of hydrogen-bond acceptors (Lipinski definition) is 2. The molecule has 0 spiro atoms. The maximum Gasteiger partial charge on any atom is 0.339 e. The molecule has 0 saturated heterocycles. The molecule has 1 heterocycles. The fourth-order valence-corrected chi connectivity index (χ4v) is 2.08. The van der Waals surface area contributed by atoms with Gasteiger partial charge in [-0.15, -0.1) is 0 Å². The highest BCUT2D eigenvalue weighted by atomic mass is 35.5. The van der Waals surface area contributed by atoms with Crippen LogP contribution in [0, 0.1) is 6.92 Å². The molecule has 1 aromatic heterocycles. The van der Waals surface area contributed by atoms with Crippen LogP contribution in [0.1, 0.15) is 28.5 Å². The van der Waals surface area contributed by atoms with Gasteiger partial charge in [-0.1, -0.05) is 24.6 Å². The van der Waals surface area contributed by atoms with Crippen molar-refractivity contribution in [3.05, 3.63) is 46.2 Å². The van der Waals surface area contributed by atoms with Crippen LogP contribution in [0.25, 0.3) is 5.69 Å². The number of aromatic carboxylic acids is 1. The van der Waals surface area contributed by atoms with Crippen LogP contribution < -0.4 is 0 Å². The van der Waals surface area contributed by atoms with Crippen LogP contribution in [0.2, 0.25) is 5.02 Å². The molecule has 0 radical (unpaired) electrons. The van der Waals surface area contributed by atoms with Crippen LogP contribution in [0.15, 0.2) is 24.4 Å². The van der Waals surface area contributed by atoms with Gasteiger partial charge >= 0.3 is 5.97 Å². The Kier molecular flexibility index (Phi) is 3.39. The van der Waals surface area contributed by atoms with Gasteiger partial charge in [-0.25, -0.2) is 9.48 Å². The highest BCUT2D eigenvalue weighted by Gasteiger charge is 2.17. The number of halogens is 1. The van der Waals surface area contributed by atoms with E-state index in [-0.39, 0.29) is 5.56 Å². The summed E-state index contributed by atoms with van der Waals surface area (Å²) >= 11 is 5.97. The number of carbonyl (C=O) groups is 1. The van der Waals surface area contributed by atoms with Crippen LogP contribution >= 0.6 is 11.6 Å². The van der Waals surface area contributed by atoms with Gasteiger partial charge in [0.25, 0.3) is 0 Å². The third-order valence-corrected chi connectivity index (χ3v) is 3.07. The first-order valence-corrected chi connectivity index (χ1v) is 5.99. The van der Waals surface area contributed by atoms with Gasteiger partial charge in [0.1, 0.15) is 5.56 Å². The zero-order chi connectivity index (χ0) is 13.3. The lowest BCUT2D eigenvalue weighted by Gasteiger charge is -2.10. The second-order valence-electron chi connectivity index (χ2n) is 4.01. The molecule has 0 unspecified atom stereocenters. The maximum absolute atomic E-state index is 11.1. The summed E-state index contributed by atoms with van der Waals surface area (Å²) in [5.74, 6) is -0.960. The summed E-state index contributed by atoms with van der Waals surface area (Å²) in [5.41, 5.74) is 2.71. The minimum Gasteiger partial charge on any atom is -0.478 e. The van der Waals surface area contributed by atoms with Crippen LogP contribution in [-0.4, -0.2) is 20.9 Å². The Balaban J connectivity index is 2.64. The summed E-state index contributed by atoms with van der Waals surface area (Å²) in [5, 5.41) is 13.9. The van der Waals surface area contributed by atoms with Crippen LogP contribution in [0.5, 0.6) is 0 Å². The molecule has 1 N–H and O–H groups in total. The highest BCUT2D eigenvalue weighted by molar-refractivity contribution is 6.30. The molecule has 0 aliphatic carbocycles. The molecule has 2 rings (SSSR count). The number of benzene rings is 1. The molecule has 0 amide bonds. The summed E-state index contributed by atoms with van der Waals surface area (Å²) in [6.07, 6.45) is 1.97. The van der Waals surface area contributed by atoms with E-state index < -0.39 is 5.97 Å². The number of nitrogens with zero attached hydrogens (tertiary/aromatic N) is 2. The molecule has 0 bridgehead atoms. The van der Waals surface area contributed by atoms with Gasteiger partial charge in [0, 0.05) is 5.02 Å². The molecular weight excluding hydrogens is 252 g/mol. The number of hydrogen-bond donors (Lipinski definition) is 1. The predicted molar refractivity (Wildman–Crippen MR) is 69.6 cm³/mol. The molecule has 4 nitrogen and oxygen atoms in total. The van der Waals surface area contributed by atoms with Crippen molar-refractivity contribution >= 4 is 17.6 Å². The Morgan fingerprint density at radius 1 is 1.50 bits per heavy atom. The predicted octanol–water partition coefficient (Wildman–Crippen LogP) is 3.09. The second kappa shape index (κ2) is 4.82. The van der Waals surface area contributed by atoms with E-state index in [1.54, 1.807) is 16.8 Å². The standard InChI is InChI=1S/C13H13ClN2O2/c1-3-11-10(13(17)18)7-15-16(11)12-6-9(14)5-4-8(12)2/h4-7H,3H2,1-2H3,(H,17,18). The Hall–Kier alpha value is -1.81. The Labute approximate surface area is 110 Å². The normalized spacial score (nSPS) is 10.6. The Morgan fingerprint density at radius 2 is 2.22 bits per heavy atom. The van der Waals surface area contributed by atoms with Crippen molar-refractivity contribution in [3.8, 4) is 5.69 Å². The van der Waals surface area contributed by atoms with Crippen molar-refractivity contribution in [1.29, 1.82) is 0 Å². The fraction of sp³-hybridized carbons (Fsp3) is 0.231. The highest BCUT2D eigenvalue weighted by Crippen LogP contribution is 2.22. The van der Waals surface area contributed by atoms with E-state index in [0.29, 0.717) is 17.1 Å². The summed E-state index contributed by atoms with van der Waals surface area (Å²) in [6.45, 7) is 3.84. The van der Waals surface area contributed by atoms with E-state index in [1.165, 1.54) is 6.20 Å². The smallest absolute Gasteiger partial charge is 0.339 e. The maximum atomic E-state index is 11.1. The first-order valence-electron chi connectivity index (χ1n) is 5.61. The van der Waals surface area contributed by atoms with Gasteiger partial charge in [-0.05, 0) is 31.0 Å². The minimum absolute atomic E-state index is 0.233. The molecule has 1 aromatic carbocycles. The first kappa shape index (κ1) is 12.6. The first-order chi connectivity index (χ1) is 8.54. The number of carboxylic acids is 1. The molecule has 0 saturated carbocycles. The van der Waals surface area contributed by atoms with Gasteiger partial charge in [-0.3, -0.25) is 0 Å². The molecular formula is C13H13ClN2O2. The van der Waals surface area contributed by atoms with E-state index in [4.69, 9.17) is 16.7 Å². The van der Waals surface area contributed by atoms with E-state index >= 15 is 0 Å². The molecule has 2 aromatic rings. The molecule has 0 atom stereocenters. The number of carboxylic acid groups (broad SMARTS) is 1. The molecule has 18 heavy (non-hydrogen) atoms. The van der Waals surface area contributed by atoms with Crippen molar-refractivity contribution in [2.45, 2.75) is 20.3 Å². The van der Waals surface area contributed by atoms with Gasteiger partial charge < -0.3 is 5.11 Å². The van der Waals surface area contributed by atoms with Gasteiger partial charge in [0.05, 0.1) is 17.6 Å². The van der Waals surface area contributed by atoms with Crippen molar-refractivity contribution < 1.29 is 9.90 Å². The van der Waals surface area contributed by atoms with Crippen LogP contribution in [-0.2, 0) is 6.42 Å². The van der Waals surface area contributed by atoms with E-state index in [0.717, 1.165) is 11.3 Å². The summed E-state index contributed by atoms with van der Waals surface area (Å²) in [4.78, 5) is 11.1. The third-order valence-electron chi connectivity index (χ3n) is 2.83. The van der Waals surface area contributed by atoms with Gasteiger partial charge in [0.15, 0.2) is 0 Å². The average molecular weight is 265 g/mol. The number of aryl methyl sites for hydroxylation is 1. The minimum atomic E-state index is -0.960. The largest absolute Gasteiger partial charge is 0.478 e. The van der Waals surface area contributed by atoms with Crippen molar-refractivity contribution in [2.75, 3.05) is 0 Å². The Morgan fingerprint density at radius 3 is 2.83 bits per heavy atom. The summed E-state index contributed by atoms with van der Waals surface area (Å²) in [7, 11) is 0. The average Bonchev–Trinajstić information content (AvgIpc) is 2.75. The number of aromatic nitrogens is 2. The van der Waals surface area contributed by atoms with Crippen molar-refractivity contribution in [2.24, 2.45) is 0 Å². The quantitative estimate of drug-likeness (QED) is 0.927. The molecule has 5 heteroatoms. The van der Waals surface area contributed by atoms with E-state index in [1.807, 2.05) is 19.9 Å². The van der Waals surface area contributed by atoms with Crippen molar-refractivity contribution in [3.63, 3.8) is 0 Å². The molecule has 94 valence electrons. The van der Waals surface area contributed by atoms with E-state index in [9.17, 15) is 4.79 Å². The molecule has 0 aliphatic rings. The van der Waals surface area contributed by atoms with Gasteiger partial charge in [0.2, 0.25) is 0 Å². The zero-order valence-corrected chi connectivity index (χ0v) is 10.9. The SMILES string of the molecule is CCc1c(C(=O)O)cnn1-c1cc(Cl)ccc1C. The molecule has 0 fully saturated rings. The fourth-order valence-electron chi connectivity index (χ4n) is 1.91. The third kappa shape index (κ3) is 2.11. The van der Waals surface area contributed by atoms with Crippen molar-refractivity contribution in [1.82, 2.24) is 9.78 Å². The summed E-state index contributed by atoms with van der Waals surface area (Å²) < 4.78 is 1.64. The zero-order valence-electron chi connectivity index (χ0n) is 10.1. The lowest BCUT2D eigenvalue weighted by molar-refractivity contribution is 0.0695. The number of rotatable bonds is 3. The van der Waals surface area contributed by atoms with E-state index in [2.05, 4.69) is 5.10 Å². The summed E-state index contributed by atoms with van der Waals surface area (Å²) in [6, 6.07) is 5.47. The van der Waals surface area contributed by atoms with Gasteiger partial charge in [-0.2, -0.15) is 5.10 Å². The lowest BCUT2D eigenvalue weighted by Crippen LogP contribution is -2.06. The monoisotopic (exact) mass is 264 g/mol. The Bertz CT molecular complexity index is 605. The second-order valence-corrected chi connectivity index (χ2v) is 4.44. The van der Waals surface area contributed by atoms with Crippen LogP contribution in [0.3, 0.4) is 0 Å². The topological polar surface area (TPSA) is 55.1 Å². The lowest BCUT2D eigenvalue weighted by atomic mass is 10.1. The molecule has 0 aliphatic heterocycles.